The molecule has 0 radical (unpaired) electrons. The van der Waals surface area contributed by atoms with Gasteiger partial charge in [-0.05, 0) is 44.0 Å². The molecular weight excluding hydrogens is 245 g/mol. The number of benzene rings is 1. The Labute approximate surface area is 111 Å². The molecule has 2 aromatic rings. The maximum atomic E-state index is 13.2. The van der Waals surface area contributed by atoms with Crippen LogP contribution < -0.4 is 5.32 Å². The van der Waals surface area contributed by atoms with Gasteiger partial charge < -0.3 is 5.32 Å². The molecule has 0 aliphatic heterocycles. The summed E-state index contributed by atoms with van der Waals surface area (Å²) in [6.07, 6.45) is 2.21. The summed E-state index contributed by atoms with van der Waals surface area (Å²) in [6, 6.07) is 7.33. The van der Waals surface area contributed by atoms with Crippen molar-refractivity contribution >= 4 is 21.4 Å². The third kappa shape index (κ3) is 2.98. The predicted molar refractivity (Wildman–Crippen MR) is 77.6 cm³/mol. The zero-order valence-corrected chi connectivity index (χ0v) is 11.8. The van der Waals surface area contributed by atoms with Crippen LogP contribution in [0.2, 0.25) is 0 Å². The molecule has 1 aromatic heterocycles. The maximum absolute atomic E-state index is 13.2. The molecule has 1 heterocycles. The van der Waals surface area contributed by atoms with Crippen molar-refractivity contribution in [3.8, 4) is 0 Å². The third-order valence-electron chi connectivity index (χ3n) is 2.73. The monoisotopic (exact) mass is 263 g/mol. The van der Waals surface area contributed by atoms with Gasteiger partial charge in [0.25, 0.3) is 0 Å². The molecular formula is C15H18FNS. The van der Waals surface area contributed by atoms with Gasteiger partial charge in [0.1, 0.15) is 5.82 Å². The third-order valence-corrected chi connectivity index (χ3v) is 3.91. The minimum absolute atomic E-state index is 0.168. The second kappa shape index (κ2) is 5.63. The second-order valence-electron chi connectivity index (χ2n) is 4.61. The first-order chi connectivity index (χ1) is 8.60. The molecule has 2 rings (SSSR count). The maximum Gasteiger partial charge on any atom is 0.124 e. The fraction of sp³-hybridized carbons (Fsp3) is 0.333. The number of fused-ring (bicyclic) bond motifs is 1. The van der Waals surface area contributed by atoms with E-state index in [0.29, 0.717) is 0 Å². The first-order valence-electron chi connectivity index (χ1n) is 6.17. The lowest BCUT2D eigenvalue weighted by Crippen LogP contribution is -2.18. The Morgan fingerprint density at radius 2 is 2.17 bits per heavy atom. The van der Waals surface area contributed by atoms with E-state index in [1.807, 2.05) is 6.07 Å². The largest absolute Gasteiger partial charge is 0.306 e. The summed E-state index contributed by atoms with van der Waals surface area (Å²) in [7, 11) is 0. The van der Waals surface area contributed by atoms with Crippen LogP contribution in [0.1, 0.15) is 31.7 Å². The van der Waals surface area contributed by atoms with Crippen LogP contribution in [0.5, 0.6) is 0 Å². The average molecular weight is 263 g/mol. The van der Waals surface area contributed by atoms with E-state index in [-0.39, 0.29) is 11.9 Å². The highest BCUT2D eigenvalue weighted by Crippen LogP contribution is 2.31. The smallest absolute Gasteiger partial charge is 0.124 e. The number of hydrogen-bond acceptors (Lipinski definition) is 2. The molecule has 18 heavy (non-hydrogen) atoms. The van der Waals surface area contributed by atoms with Gasteiger partial charge in [-0.15, -0.1) is 11.3 Å². The van der Waals surface area contributed by atoms with Crippen molar-refractivity contribution in [1.82, 2.24) is 5.32 Å². The molecule has 1 aromatic carbocycles. The van der Waals surface area contributed by atoms with E-state index >= 15 is 0 Å². The fourth-order valence-electron chi connectivity index (χ4n) is 1.97. The molecule has 1 nitrogen and oxygen atoms in total. The fourth-order valence-corrected chi connectivity index (χ4v) is 3.11. The molecule has 96 valence electrons. The second-order valence-corrected chi connectivity index (χ2v) is 5.73. The molecule has 0 spiro atoms. The van der Waals surface area contributed by atoms with Gasteiger partial charge in [0.15, 0.2) is 0 Å². The Hall–Kier alpha value is -1.19. The number of allylic oxidation sites excluding steroid dienone is 1. The average Bonchev–Trinajstić information content (AvgIpc) is 2.70. The van der Waals surface area contributed by atoms with Gasteiger partial charge in [-0.2, -0.15) is 0 Å². The van der Waals surface area contributed by atoms with Gasteiger partial charge in [0.05, 0.1) is 6.04 Å². The minimum atomic E-state index is -0.168. The molecule has 1 N–H and O–H groups in total. The number of rotatable bonds is 4. The van der Waals surface area contributed by atoms with Crippen LogP contribution in [-0.2, 0) is 0 Å². The van der Waals surface area contributed by atoms with E-state index in [1.165, 1.54) is 16.5 Å². The van der Waals surface area contributed by atoms with Crippen molar-refractivity contribution in [2.45, 2.75) is 26.8 Å². The molecule has 0 amide bonds. The Balaban J connectivity index is 2.41. The van der Waals surface area contributed by atoms with Crippen LogP contribution in [-0.4, -0.2) is 6.54 Å². The Bertz CT molecular complexity index is 567. The van der Waals surface area contributed by atoms with Gasteiger partial charge in [0, 0.05) is 9.58 Å². The molecule has 1 unspecified atom stereocenters. The van der Waals surface area contributed by atoms with E-state index in [2.05, 4.69) is 38.2 Å². The summed E-state index contributed by atoms with van der Waals surface area (Å²) < 4.78 is 14.2. The van der Waals surface area contributed by atoms with Crippen LogP contribution in [0.3, 0.4) is 0 Å². The molecule has 0 saturated carbocycles. The minimum Gasteiger partial charge on any atom is -0.306 e. The van der Waals surface area contributed by atoms with Crippen molar-refractivity contribution < 1.29 is 4.39 Å². The lowest BCUT2D eigenvalue weighted by atomic mass is 10.1. The first-order valence-corrected chi connectivity index (χ1v) is 6.99. The molecule has 0 aliphatic rings. The number of halogens is 1. The Kier molecular flexibility index (Phi) is 4.15. The van der Waals surface area contributed by atoms with Gasteiger partial charge >= 0.3 is 0 Å². The number of thiophene rings is 1. The van der Waals surface area contributed by atoms with Crippen molar-refractivity contribution in [2.75, 3.05) is 6.54 Å². The zero-order chi connectivity index (χ0) is 13.1. The van der Waals surface area contributed by atoms with Crippen molar-refractivity contribution in [3.05, 3.63) is 46.6 Å². The van der Waals surface area contributed by atoms with Crippen molar-refractivity contribution in [1.29, 1.82) is 0 Å². The van der Waals surface area contributed by atoms with E-state index in [0.717, 1.165) is 16.6 Å². The summed E-state index contributed by atoms with van der Waals surface area (Å²) in [6.45, 7) is 7.20. The predicted octanol–water partition coefficient (Wildman–Crippen LogP) is 4.66. The summed E-state index contributed by atoms with van der Waals surface area (Å²) >= 11 is 1.65. The van der Waals surface area contributed by atoms with Gasteiger partial charge in [-0.1, -0.05) is 24.6 Å². The van der Waals surface area contributed by atoms with E-state index in [9.17, 15) is 4.39 Å². The highest BCUT2D eigenvalue weighted by Gasteiger charge is 2.11. The first kappa shape index (κ1) is 13.2. The highest BCUT2D eigenvalue weighted by atomic mass is 32.1. The standard InChI is InChI=1S/C15H18FNS/c1-4-17-13(7-10(2)3)15-8-11-5-6-12(16)9-14(11)18-15/h5-9,13,17H,4H2,1-3H3. The van der Waals surface area contributed by atoms with Crippen molar-refractivity contribution in [2.24, 2.45) is 0 Å². The summed E-state index contributed by atoms with van der Waals surface area (Å²) in [4.78, 5) is 1.23. The lowest BCUT2D eigenvalue weighted by Gasteiger charge is -2.12. The molecule has 0 saturated heterocycles. The van der Waals surface area contributed by atoms with Crippen LogP contribution in [0.4, 0.5) is 4.39 Å². The Morgan fingerprint density at radius 3 is 2.83 bits per heavy atom. The van der Waals surface area contributed by atoms with E-state index in [4.69, 9.17) is 0 Å². The quantitative estimate of drug-likeness (QED) is 0.791. The summed E-state index contributed by atoms with van der Waals surface area (Å²) in [5.41, 5.74) is 1.28. The summed E-state index contributed by atoms with van der Waals surface area (Å²) in [5.74, 6) is -0.168. The zero-order valence-electron chi connectivity index (χ0n) is 11.0. The molecule has 1 atom stereocenters. The molecule has 3 heteroatoms. The highest BCUT2D eigenvalue weighted by molar-refractivity contribution is 7.19. The van der Waals surface area contributed by atoms with Crippen LogP contribution in [0, 0.1) is 5.82 Å². The van der Waals surface area contributed by atoms with Crippen molar-refractivity contribution in [3.63, 3.8) is 0 Å². The number of nitrogens with one attached hydrogen (secondary N) is 1. The lowest BCUT2D eigenvalue weighted by molar-refractivity contribution is 0.630. The summed E-state index contributed by atoms with van der Waals surface area (Å²) in [5, 5.41) is 4.56. The van der Waals surface area contributed by atoms with Crippen LogP contribution in [0.25, 0.3) is 10.1 Å². The molecule has 0 bridgehead atoms. The molecule has 0 aliphatic carbocycles. The van der Waals surface area contributed by atoms with Gasteiger partial charge in [-0.25, -0.2) is 4.39 Å². The number of likely N-dealkylation sites (N-methyl/N-ethyl adjacent to an activating group) is 1. The van der Waals surface area contributed by atoms with Gasteiger partial charge in [0.2, 0.25) is 0 Å². The van der Waals surface area contributed by atoms with E-state index in [1.54, 1.807) is 17.4 Å². The van der Waals surface area contributed by atoms with Gasteiger partial charge in [-0.3, -0.25) is 0 Å². The van der Waals surface area contributed by atoms with Crippen LogP contribution in [0.15, 0.2) is 35.9 Å². The van der Waals surface area contributed by atoms with E-state index < -0.39 is 0 Å². The SMILES string of the molecule is CCNC(C=C(C)C)c1cc2ccc(F)cc2s1. The number of hydrogen-bond donors (Lipinski definition) is 1. The van der Waals surface area contributed by atoms with Crippen LogP contribution >= 0.6 is 11.3 Å². The molecule has 0 fully saturated rings. The Morgan fingerprint density at radius 1 is 1.39 bits per heavy atom. The topological polar surface area (TPSA) is 12.0 Å². The normalized spacial score (nSPS) is 12.7.